The van der Waals surface area contributed by atoms with Crippen molar-refractivity contribution in [2.45, 2.75) is 33.2 Å². The minimum Gasteiger partial charge on any atom is -0.357 e. The van der Waals surface area contributed by atoms with Gasteiger partial charge in [-0.2, -0.15) is 0 Å². The Hall–Kier alpha value is -1.06. The Morgan fingerprint density at radius 3 is 2.43 bits per heavy atom. The summed E-state index contributed by atoms with van der Waals surface area (Å²) in [6, 6.07) is -0.315. The van der Waals surface area contributed by atoms with Gasteiger partial charge in [-0.15, -0.1) is 0 Å². The minimum atomic E-state index is -0.315. The number of carbonyl (C=O) groups is 2. The maximum absolute atomic E-state index is 11.6. The molecule has 1 atom stereocenters. The molecule has 2 amide bonds. The third kappa shape index (κ3) is 1.74. The summed E-state index contributed by atoms with van der Waals surface area (Å²) in [4.78, 5) is 24.6. The van der Waals surface area contributed by atoms with Crippen molar-refractivity contribution in [3.8, 4) is 0 Å². The molecule has 0 aromatic rings. The zero-order valence-corrected chi connectivity index (χ0v) is 9.26. The first-order valence-electron chi connectivity index (χ1n) is 4.89. The van der Waals surface area contributed by atoms with E-state index in [2.05, 4.69) is 5.32 Å². The number of likely N-dealkylation sites (N-methyl/N-ethyl adjacent to an activating group) is 1. The zero-order chi connectivity index (χ0) is 10.9. The van der Waals surface area contributed by atoms with Crippen molar-refractivity contribution >= 4 is 11.8 Å². The number of hydrogen-bond acceptors (Lipinski definition) is 2. The molecule has 0 aromatic carbocycles. The molecule has 0 unspecified atom stereocenters. The fourth-order valence-corrected chi connectivity index (χ4v) is 2.07. The smallest absolute Gasteiger partial charge is 0.243 e. The summed E-state index contributed by atoms with van der Waals surface area (Å²) >= 11 is 0. The lowest BCUT2D eigenvalue weighted by atomic mass is 9.84. The first-order valence-corrected chi connectivity index (χ1v) is 4.89. The quantitative estimate of drug-likeness (QED) is 0.662. The van der Waals surface area contributed by atoms with Gasteiger partial charge in [0.05, 0.1) is 0 Å². The van der Waals surface area contributed by atoms with Crippen LogP contribution in [0.15, 0.2) is 0 Å². The van der Waals surface area contributed by atoms with Crippen LogP contribution in [0.5, 0.6) is 0 Å². The molecule has 14 heavy (non-hydrogen) atoms. The molecule has 0 aromatic heterocycles. The highest BCUT2D eigenvalue weighted by molar-refractivity contribution is 5.88. The highest BCUT2D eigenvalue weighted by Gasteiger charge is 2.45. The van der Waals surface area contributed by atoms with Crippen LogP contribution in [0.25, 0.3) is 0 Å². The third-order valence-electron chi connectivity index (χ3n) is 2.95. The van der Waals surface area contributed by atoms with E-state index in [9.17, 15) is 9.59 Å². The number of hydrogen-bond donors (Lipinski definition) is 1. The molecule has 1 heterocycles. The number of nitrogens with one attached hydrogen (secondary N) is 1. The summed E-state index contributed by atoms with van der Waals surface area (Å²) in [6.07, 6.45) is 0.880. The van der Waals surface area contributed by atoms with E-state index >= 15 is 0 Å². The normalized spacial score (nSPS) is 24.9. The predicted molar refractivity (Wildman–Crippen MR) is 53.6 cm³/mol. The average molecular weight is 198 g/mol. The predicted octanol–water partition coefficient (Wildman–Crippen LogP) is 0.379. The highest BCUT2D eigenvalue weighted by atomic mass is 16.2. The van der Waals surface area contributed by atoms with Crippen LogP contribution in [0.3, 0.4) is 0 Å². The maximum atomic E-state index is 11.6. The fraction of sp³-hybridized carbons (Fsp3) is 0.800. The largest absolute Gasteiger partial charge is 0.357 e. The Kier molecular flexibility index (Phi) is 2.83. The lowest BCUT2D eigenvalue weighted by Gasteiger charge is -2.30. The van der Waals surface area contributed by atoms with E-state index in [1.807, 2.05) is 13.8 Å². The van der Waals surface area contributed by atoms with Crippen LogP contribution in [-0.2, 0) is 9.59 Å². The van der Waals surface area contributed by atoms with Crippen molar-refractivity contribution in [2.75, 3.05) is 13.6 Å². The van der Waals surface area contributed by atoms with Crippen molar-refractivity contribution in [3.63, 3.8) is 0 Å². The number of rotatable bonds is 1. The van der Waals surface area contributed by atoms with Gasteiger partial charge in [0.1, 0.15) is 6.04 Å². The molecule has 0 bridgehead atoms. The molecule has 1 saturated heterocycles. The van der Waals surface area contributed by atoms with Gasteiger partial charge >= 0.3 is 0 Å². The molecule has 1 aliphatic rings. The molecule has 0 spiro atoms. The van der Waals surface area contributed by atoms with Crippen LogP contribution < -0.4 is 5.32 Å². The van der Waals surface area contributed by atoms with Gasteiger partial charge in [-0.1, -0.05) is 13.8 Å². The van der Waals surface area contributed by atoms with Gasteiger partial charge in [0.2, 0.25) is 11.8 Å². The molecule has 1 aliphatic heterocycles. The highest BCUT2D eigenvalue weighted by Crippen LogP contribution is 2.36. The molecule has 1 rings (SSSR count). The van der Waals surface area contributed by atoms with E-state index in [-0.39, 0.29) is 23.3 Å². The summed E-state index contributed by atoms with van der Waals surface area (Å²) in [6.45, 7) is 6.24. The Morgan fingerprint density at radius 1 is 1.43 bits per heavy atom. The summed E-state index contributed by atoms with van der Waals surface area (Å²) in [5.41, 5.74) is -0.119. The lowest BCUT2D eigenvalue weighted by Crippen LogP contribution is -2.49. The SMILES string of the molecule is CNC(=O)[C@H]1N(C(C)=O)CCC1(C)C. The van der Waals surface area contributed by atoms with Gasteiger partial charge in [0.25, 0.3) is 0 Å². The summed E-state index contributed by atoms with van der Waals surface area (Å²) < 4.78 is 0. The second kappa shape index (κ2) is 3.59. The lowest BCUT2D eigenvalue weighted by molar-refractivity contribution is -0.138. The first kappa shape index (κ1) is 11.0. The van der Waals surface area contributed by atoms with Crippen molar-refractivity contribution in [1.29, 1.82) is 0 Å². The van der Waals surface area contributed by atoms with Gasteiger partial charge in [-0.05, 0) is 11.8 Å². The molecular weight excluding hydrogens is 180 g/mol. The Balaban J connectivity index is 2.92. The Bertz CT molecular complexity index is 261. The van der Waals surface area contributed by atoms with Crippen LogP contribution in [-0.4, -0.2) is 36.3 Å². The summed E-state index contributed by atoms with van der Waals surface area (Å²) in [5.74, 6) is -0.0909. The Labute approximate surface area is 84.7 Å². The monoisotopic (exact) mass is 198 g/mol. The Morgan fingerprint density at radius 2 is 2.00 bits per heavy atom. The fourth-order valence-electron chi connectivity index (χ4n) is 2.07. The second-order valence-electron chi connectivity index (χ2n) is 4.47. The standard InChI is InChI=1S/C10H18N2O2/c1-7(13)12-6-5-10(2,3)8(12)9(14)11-4/h8H,5-6H2,1-4H3,(H,11,14)/t8-/m1/s1. The molecule has 4 heteroatoms. The molecule has 0 saturated carbocycles. The van der Waals surface area contributed by atoms with Gasteiger partial charge < -0.3 is 10.2 Å². The van der Waals surface area contributed by atoms with Crippen molar-refractivity contribution in [1.82, 2.24) is 10.2 Å². The van der Waals surface area contributed by atoms with E-state index in [4.69, 9.17) is 0 Å². The van der Waals surface area contributed by atoms with E-state index < -0.39 is 0 Å². The third-order valence-corrected chi connectivity index (χ3v) is 2.95. The molecule has 80 valence electrons. The van der Waals surface area contributed by atoms with Crippen LogP contribution >= 0.6 is 0 Å². The van der Waals surface area contributed by atoms with Crippen LogP contribution in [0.2, 0.25) is 0 Å². The summed E-state index contributed by atoms with van der Waals surface area (Å²) in [5, 5.41) is 2.61. The molecular formula is C10H18N2O2. The molecule has 1 fully saturated rings. The molecule has 0 aliphatic carbocycles. The summed E-state index contributed by atoms with van der Waals surface area (Å²) in [7, 11) is 1.61. The minimum absolute atomic E-state index is 0.0239. The van der Waals surface area contributed by atoms with Crippen LogP contribution in [0.1, 0.15) is 27.2 Å². The number of amides is 2. The zero-order valence-electron chi connectivity index (χ0n) is 9.26. The maximum Gasteiger partial charge on any atom is 0.243 e. The van der Waals surface area contributed by atoms with Crippen molar-refractivity contribution in [2.24, 2.45) is 5.41 Å². The number of nitrogens with zero attached hydrogens (tertiary/aromatic N) is 1. The van der Waals surface area contributed by atoms with Crippen molar-refractivity contribution in [3.05, 3.63) is 0 Å². The van der Waals surface area contributed by atoms with Gasteiger partial charge in [-0.25, -0.2) is 0 Å². The van der Waals surface area contributed by atoms with Crippen LogP contribution in [0, 0.1) is 5.41 Å². The van der Waals surface area contributed by atoms with Gasteiger partial charge in [-0.3, -0.25) is 9.59 Å². The van der Waals surface area contributed by atoms with Gasteiger partial charge in [0, 0.05) is 20.5 Å². The molecule has 1 N–H and O–H groups in total. The van der Waals surface area contributed by atoms with E-state index in [1.165, 1.54) is 6.92 Å². The number of carbonyl (C=O) groups excluding carboxylic acids is 2. The van der Waals surface area contributed by atoms with Crippen LogP contribution in [0.4, 0.5) is 0 Å². The molecule has 0 radical (unpaired) electrons. The van der Waals surface area contributed by atoms with E-state index in [0.717, 1.165) is 6.42 Å². The van der Waals surface area contributed by atoms with E-state index in [0.29, 0.717) is 6.54 Å². The topological polar surface area (TPSA) is 49.4 Å². The first-order chi connectivity index (χ1) is 6.40. The number of likely N-dealkylation sites (tertiary alicyclic amines) is 1. The second-order valence-corrected chi connectivity index (χ2v) is 4.47. The van der Waals surface area contributed by atoms with E-state index in [1.54, 1.807) is 11.9 Å². The van der Waals surface area contributed by atoms with Crippen molar-refractivity contribution < 1.29 is 9.59 Å². The van der Waals surface area contributed by atoms with Gasteiger partial charge in [0.15, 0.2) is 0 Å². The average Bonchev–Trinajstić information content (AvgIpc) is 2.40. The molecule has 4 nitrogen and oxygen atoms in total.